The van der Waals surface area contributed by atoms with Gasteiger partial charge in [-0.2, -0.15) is 0 Å². The maximum absolute atomic E-state index is 12.2. The zero-order valence-electron chi connectivity index (χ0n) is 30.3. The second-order valence-electron chi connectivity index (χ2n) is 13.0. The average molecular weight is 647 g/mol. The smallest absolute Gasteiger partial charge is 0.306 e. The van der Waals surface area contributed by atoms with Gasteiger partial charge in [0, 0.05) is 12.8 Å². The highest BCUT2D eigenvalue weighted by molar-refractivity contribution is 5.70. The van der Waals surface area contributed by atoms with Crippen molar-refractivity contribution in [1.82, 2.24) is 0 Å². The van der Waals surface area contributed by atoms with Crippen molar-refractivity contribution in [3.8, 4) is 0 Å². The van der Waals surface area contributed by atoms with Gasteiger partial charge in [0.25, 0.3) is 0 Å². The first-order chi connectivity index (χ1) is 22.6. The Bertz CT molecular complexity index is 741. The molecule has 0 aliphatic heterocycles. The largest absolute Gasteiger partial charge is 0.462 e. The predicted octanol–water partition coefficient (Wildman–Crippen LogP) is 12.1. The quantitative estimate of drug-likeness (QED) is 0.0421. The maximum Gasteiger partial charge on any atom is 0.306 e. The van der Waals surface area contributed by atoms with E-state index in [0.717, 1.165) is 51.4 Å². The molecular weight excluding hydrogens is 572 g/mol. The maximum atomic E-state index is 12.2. The van der Waals surface area contributed by atoms with Crippen molar-refractivity contribution in [3.63, 3.8) is 0 Å². The van der Waals surface area contributed by atoms with E-state index in [0.29, 0.717) is 12.8 Å². The summed E-state index contributed by atoms with van der Waals surface area (Å²) >= 11 is 0. The molecule has 0 fully saturated rings. The Morgan fingerprint density at radius 2 is 0.870 bits per heavy atom. The lowest BCUT2D eigenvalue weighted by molar-refractivity contribution is -0.161. The van der Waals surface area contributed by atoms with Gasteiger partial charge in [0.15, 0.2) is 6.10 Å². The number of carbonyl (C=O) groups excluding carboxylic acids is 2. The van der Waals surface area contributed by atoms with E-state index in [4.69, 9.17) is 9.47 Å². The van der Waals surface area contributed by atoms with Gasteiger partial charge >= 0.3 is 11.9 Å². The molecule has 0 spiro atoms. The molecule has 0 saturated carbocycles. The van der Waals surface area contributed by atoms with Crippen LogP contribution >= 0.6 is 0 Å². The topological polar surface area (TPSA) is 72.8 Å². The number of unbranched alkanes of at least 4 members (excludes halogenated alkanes) is 21. The minimum atomic E-state index is -0.775. The van der Waals surface area contributed by atoms with Crippen molar-refractivity contribution >= 4 is 11.9 Å². The van der Waals surface area contributed by atoms with E-state index in [2.05, 4.69) is 50.3 Å². The van der Waals surface area contributed by atoms with Crippen molar-refractivity contribution in [2.24, 2.45) is 0 Å². The summed E-state index contributed by atoms with van der Waals surface area (Å²) < 4.78 is 10.6. The van der Waals surface area contributed by atoms with Crippen LogP contribution in [0.25, 0.3) is 0 Å². The summed E-state index contributed by atoms with van der Waals surface area (Å²) in [4.78, 5) is 24.2. The van der Waals surface area contributed by atoms with Gasteiger partial charge in [0.1, 0.15) is 6.61 Å². The van der Waals surface area contributed by atoms with Crippen molar-refractivity contribution in [3.05, 3.63) is 36.5 Å². The molecule has 0 rings (SSSR count). The molecule has 0 saturated heterocycles. The van der Waals surface area contributed by atoms with Crippen LogP contribution in [-0.4, -0.2) is 36.4 Å². The Morgan fingerprint density at radius 1 is 0.500 bits per heavy atom. The van der Waals surface area contributed by atoms with E-state index in [9.17, 15) is 14.7 Å². The zero-order chi connectivity index (χ0) is 33.6. The van der Waals surface area contributed by atoms with Crippen molar-refractivity contribution in [1.29, 1.82) is 0 Å². The Kier molecular flexibility index (Phi) is 36.0. The first-order valence-corrected chi connectivity index (χ1v) is 19.5. The summed E-state index contributed by atoms with van der Waals surface area (Å²) in [5, 5.41) is 9.55. The second-order valence-corrected chi connectivity index (χ2v) is 13.0. The predicted molar refractivity (Wildman–Crippen MR) is 196 cm³/mol. The van der Waals surface area contributed by atoms with Crippen LogP contribution in [0.15, 0.2) is 36.5 Å². The molecule has 0 unspecified atom stereocenters. The third-order valence-corrected chi connectivity index (χ3v) is 8.41. The Labute approximate surface area is 285 Å². The van der Waals surface area contributed by atoms with Crippen LogP contribution in [0, 0.1) is 0 Å². The molecule has 0 aromatic heterocycles. The fourth-order valence-corrected chi connectivity index (χ4v) is 5.40. The van der Waals surface area contributed by atoms with E-state index in [-0.39, 0.29) is 25.2 Å². The number of aliphatic hydroxyl groups excluding tert-OH is 1. The number of aliphatic hydroxyl groups is 1. The van der Waals surface area contributed by atoms with Crippen molar-refractivity contribution in [2.75, 3.05) is 13.2 Å². The minimum absolute atomic E-state index is 0.0702. The molecule has 0 bridgehead atoms. The van der Waals surface area contributed by atoms with Crippen LogP contribution in [0.1, 0.15) is 194 Å². The Morgan fingerprint density at radius 3 is 1.35 bits per heavy atom. The number of rotatable bonds is 35. The zero-order valence-corrected chi connectivity index (χ0v) is 30.3. The Balaban J connectivity index is 3.57. The molecule has 46 heavy (non-hydrogen) atoms. The summed E-state index contributed by atoms with van der Waals surface area (Å²) in [6.07, 6.45) is 44.8. The molecule has 0 radical (unpaired) electrons. The molecule has 0 amide bonds. The fourth-order valence-electron chi connectivity index (χ4n) is 5.40. The first-order valence-electron chi connectivity index (χ1n) is 19.5. The number of hydrogen-bond donors (Lipinski definition) is 1. The summed E-state index contributed by atoms with van der Waals surface area (Å²) in [5.41, 5.74) is 0. The molecule has 5 nitrogen and oxygen atoms in total. The third kappa shape index (κ3) is 35.0. The van der Waals surface area contributed by atoms with Crippen molar-refractivity contribution in [2.45, 2.75) is 200 Å². The average Bonchev–Trinajstić information content (AvgIpc) is 3.06. The lowest BCUT2D eigenvalue weighted by Gasteiger charge is -2.15. The highest BCUT2D eigenvalue weighted by Gasteiger charge is 2.16. The summed E-state index contributed by atoms with van der Waals surface area (Å²) in [6, 6.07) is 0. The minimum Gasteiger partial charge on any atom is -0.462 e. The van der Waals surface area contributed by atoms with Gasteiger partial charge in [-0.15, -0.1) is 0 Å². The lowest BCUT2D eigenvalue weighted by atomic mass is 10.1. The van der Waals surface area contributed by atoms with Gasteiger partial charge in [-0.3, -0.25) is 9.59 Å². The molecule has 0 heterocycles. The molecule has 268 valence electrons. The van der Waals surface area contributed by atoms with Gasteiger partial charge in [0.05, 0.1) is 6.61 Å². The standard InChI is InChI=1S/C41H74O5/c1-3-5-7-9-11-13-15-17-19-20-22-24-26-28-30-32-34-36-41(44)46-39(37-42)38-45-40(43)35-33-31-29-27-25-23-21-18-16-14-12-10-8-6-4-2/h11,13-14,16-17,19,39,42H,3-10,12,15,18,20-38H2,1-2H3/t39-/m0/s1. The lowest BCUT2D eigenvalue weighted by Crippen LogP contribution is -2.28. The van der Waals surface area contributed by atoms with Crippen LogP contribution in [0.5, 0.6) is 0 Å². The van der Waals surface area contributed by atoms with E-state index in [1.165, 1.54) is 116 Å². The summed E-state index contributed by atoms with van der Waals surface area (Å²) in [5.74, 6) is -0.603. The molecule has 1 N–H and O–H groups in total. The molecule has 0 aliphatic carbocycles. The summed E-state index contributed by atoms with van der Waals surface area (Å²) in [7, 11) is 0. The highest BCUT2D eigenvalue weighted by atomic mass is 16.6. The van der Waals surface area contributed by atoms with Crippen molar-refractivity contribution < 1.29 is 24.2 Å². The molecule has 5 heteroatoms. The monoisotopic (exact) mass is 647 g/mol. The van der Waals surface area contributed by atoms with Gasteiger partial charge < -0.3 is 14.6 Å². The number of ether oxygens (including phenoxy) is 2. The van der Waals surface area contributed by atoms with Gasteiger partial charge in [-0.1, -0.05) is 147 Å². The SMILES string of the molecule is CCCCCC=CCC=CCCCCCCCCCC(=O)O[C@@H](CO)COC(=O)CCCCCCCCCC=CCCCCCC. The van der Waals surface area contributed by atoms with Crippen LogP contribution < -0.4 is 0 Å². The summed E-state index contributed by atoms with van der Waals surface area (Å²) in [6.45, 7) is 4.09. The van der Waals surface area contributed by atoms with Crippen LogP contribution in [0.2, 0.25) is 0 Å². The van der Waals surface area contributed by atoms with E-state index in [1.807, 2.05) is 0 Å². The van der Waals surface area contributed by atoms with E-state index < -0.39 is 6.10 Å². The number of allylic oxidation sites excluding steroid dienone is 6. The number of esters is 2. The van der Waals surface area contributed by atoms with E-state index in [1.54, 1.807) is 0 Å². The highest BCUT2D eigenvalue weighted by Crippen LogP contribution is 2.13. The molecule has 1 atom stereocenters. The fraction of sp³-hybridized carbons (Fsp3) is 0.805. The molecular formula is C41H74O5. The first kappa shape index (κ1) is 44.1. The normalized spacial score (nSPS) is 12.5. The van der Waals surface area contributed by atoms with Crippen LogP contribution in [0.3, 0.4) is 0 Å². The van der Waals surface area contributed by atoms with Gasteiger partial charge in [0.2, 0.25) is 0 Å². The second kappa shape index (κ2) is 37.6. The van der Waals surface area contributed by atoms with Crippen LogP contribution in [-0.2, 0) is 19.1 Å². The molecule has 0 aromatic carbocycles. The van der Waals surface area contributed by atoms with E-state index >= 15 is 0 Å². The van der Waals surface area contributed by atoms with Crippen LogP contribution in [0.4, 0.5) is 0 Å². The van der Waals surface area contributed by atoms with Gasteiger partial charge in [-0.25, -0.2) is 0 Å². The third-order valence-electron chi connectivity index (χ3n) is 8.41. The Hall–Kier alpha value is -1.88. The number of carbonyl (C=O) groups is 2. The van der Waals surface area contributed by atoms with Gasteiger partial charge in [-0.05, 0) is 70.6 Å². The molecule has 0 aromatic rings. The number of hydrogen-bond acceptors (Lipinski definition) is 5. The molecule has 0 aliphatic rings.